The van der Waals surface area contributed by atoms with Gasteiger partial charge in [-0.25, -0.2) is 21.1 Å². The monoisotopic (exact) mass is 383 g/mol. The highest BCUT2D eigenvalue weighted by Gasteiger charge is 2.34. The molecule has 0 bridgehead atoms. The predicted molar refractivity (Wildman–Crippen MR) is 90.8 cm³/mol. The summed E-state index contributed by atoms with van der Waals surface area (Å²) in [5, 5.41) is 3.11. The Labute approximate surface area is 144 Å². The van der Waals surface area contributed by atoms with Crippen LogP contribution in [-0.4, -0.2) is 65.7 Å². The van der Waals surface area contributed by atoms with E-state index in [0.29, 0.717) is 13.0 Å². The molecule has 0 aliphatic carbocycles. The number of hydrogen-bond donors (Lipinski definition) is 1. The fraction of sp³-hybridized carbons (Fsp3) is 0.538. The van der Waals surface area contributed by atoms with Crippen molar-refractivity contribution in [3.05, 3.63) is 24.3 Å². The van der Waals surface area contributed by atoms with Gasteiger partial charge in [0, 0.05) is 33.7 Å². The van der Waals surface area contributed by atoms with Crippen molar-refractivity contribution >= 4 is 32.5 Å². The topological polar surface area (TPSA) is 86.8 Å². The number of halogens is 1. The maximum atomic E-state index is 12.8. The molecule has 0 saturated carbocycles. The molecular formula is C13H22ClN3O4S2. The average Bonchev–Trinajstić information content (AvgIpc) is 3.00. The first-order chi connectivity index (χ1) is 10.2. The van der Waals surface area contributed by atoms with Crippen LogP contribution in [-0.2, 0) is 20.0 Å². The predicted octanol–water partition coefficient (Wildman–Crippen LogP) is 0.341. The lowest BCUT2D eigenvalue weighted by Gasteiger charge is -2.24. The maximum Gasteiger partial charge on any atom is 0.244 e. The van der Waals surface area contributed by atoms with Crippen LogP contribution in [0.2, 0.25) is 0 Å². The van der Waals surface area contributed by atoms with Crippen molar-refractivity contribution in [3.63, 3.8) is 0 Å². The highest BCUT2D eigenvalue weighted by atomic mass is 35.5. The molecule has 1 aromatic carbocycles. The van der Waals surface area contributed by atoms with Gasteiger partial charge in [0.2, 0.25) is 20.0 Å². The van der Waals surface area contributed by atoms with Gasteiger partial charge < -0.3 is 5.32 Å². The van der Waals surface area contributed by atoms with Crippen LogP contribution >= 0.6 is 12.4 Å². The lowest BCUT2D eigenvalue weighted by atomic mass is 10.3. The molecule has 132 valence electrons. The Balaban J connectivity index is 0.00000264. The molecule has 10 heteroatoms. The summed E-state index contributed by atoms with van der Waals surface area (Å²) in [4.78, 5) is -0.379. The zero-order chi connectivity index (χ0) is 16.5. The Bertz CT molecular complexity index is 744. The Morgan fingerprint density at radius 3 is 1.96 bits per heavy atom. The molecule has 23 heavy (non-hydrogen) atoms. The molecule has 1 heterocycles. The van der Waals surface area contributed by atoms with Crippen molar-refractivity contribution in [3.8, 4) is 0 Å². The first kappa shape index (κ1) is 20.3. The molecule has 0 amide bonds. The second-order valence-corrected chi connectivity index (χ2v) is 9.49. The number of benzene rings is 1. The minimum atomic E-state index is -3.88. The molecule has 1 aromatic rings. The highest BCUT2D eigenvalue weighted by Crippen LogP contribution is 2.27. The van der Waals surface area contributed by atoms with Gasteiger partial charge in [-0.05, 0) is 25.1 Å². The average molecular weight is 384 g/mol. The van der Waals surface area contributed by atoms with E-state index in [4.69, 9.17) is 0 Å². The van der Waals surface area contributed by atoms with Crippen LogP contribution in [0.25, 0.3) is 0 Å². The minimum absolute atomic E-state index is 0. The summed E-state index contributed by atoms with van der Waals surface area (Å²) in [5.41, 5.74) is 0. The van der Waals surface area contributed by atoms with Crippen LogP contribution in [0.1, 0.15) is 6.42 Å². The molecule has 0 radical (unpaired) electrons. The summed E-state index contributed by atoms with van der Waals surface area (Å²) in [5.74, 6) is 0. The van der Waals surface area contributed by atoms with E-state index in [1.54, 1.807) is 0 Å². The van der Waals surface area contributed by atoms with Crippen molar-refractivity contribution < 1.29 is 16.8 Å². The summed E-state index contributed by atoms with van der Waals surface area (Å²) in [6, 6.07) is 5.54. The van der Waals surface area contributed by atoms with E-state index < -0.39 is 20.0 Å². The number of rotatable bonds is 5. The van der Waals surface area contributed by atoms with Crippen LogP contribution in [0.4, 0.5) is 0 Å². The molecule has 0 aromatic heterocycles. The van der Waals surface area contributed by atoms with Crippen molar-refractivity contribution in [1.82, 2.24) is 13.9 Å². The summed E-state index contributed by atoms with van der Waals surface area (Å²) >= 11 is 0. The van der Waals surface area contributed by atoms with Crippen molar-refractivity contribution in [1.29, 1.82) is 0 Å². The maximum absolute atomic E-state index is 12.8. The standard InChI is InChI=1S/C13H21N3O4S2.ClH/c1-15(2)21(17,18)12-6-4-5-7-13(12)22(19,20)16(3)11-8-9-14-10-11;/h4-7,11,14H,8-10H2,1-3H3;1H. The summed E-state index contributed by atoms with van der Waals surface area (Å²) in [7, 11) is -3.47. The molecule has 2 rings (SSSR count). The molecular weight excluding hydrogens is 362 g/mol. The highest BCUT2D eigenvalue weighted by molar-refractivity contribution is 7.92. The smallest absolute Gasteiger partial charge is 0.244 e. The number of sulfonamides is 2. The zero-order valence-electron chi connectivity index (χ0n) is 13.3. The fourth-order valence-corrected chi connectivity index (χ4v) is 5.43. The van der Waals surface area contributed by atoms with E-state index in [-0.39, 0.29) is 28.2 Å². The summed E-state index contributed by atoms with van der Waals surface area (Å²) < 4.78 is 52.7. The van der Waals surface area contributed by atoms with E-state index >= 15 is 0 Å². The molecule has 1 unspecified atom stereocenters. The van der Waals surface area contributed by atoms with Crippen LogP contribution < -0.4 is 5.32 Å². The van der Waals surface area contributed by atoms with Crippen LogP contribution in [0.15, 0.2) is 34.1 Å². The number of nitrogens with one attached hydrogen (secondary N) is 1. The van der Waals surface area contributed by atoms with Crippen molar-refractivity contribution in [2.45, 2.75) is 22.3 Å². The molecule has 1 aliphatic heterocycles. The van der Waals surface area contributed by atoms with E-state index in [9.17, 15) is 16.8 Å². The molecule has 1 N–H and O–H groups in total. The fourth-order valence-electron chi connectivity index (χ4n) is 2.37. The SMILES string of the molecule is CN(C)S(=O)(=O)c1ccccc1S(=O)(=O)N(C)C1CCNC1.Cl. The second-order valence-electron chi connectivity index (χ2n) is 5.40. The Morgan fingerprint density at radius 2 is 1.52 bits per heavy atom. The van der Waals surface area contributed by atoms with E-state index in [0.717, 1.165) is 10.8 Å². The Kier molecular flexibility index (Phi) is 6.59. The largest absolute Gasteiger partial charge is 0.315 e. The van der Waals surface area contributed by atoms with Gasteiger partial charge >= 0.3 is 0 Å². The Morgan fingerprint density at radius 1 is 1.00 bits per heavy atom. The van der Waals surface area contributed by atoms with Crippen LogP contribution in [0.5, 0.6) is 0 Å². The third-order valence-corrected chi connectivity index (χ3v) is 7.78. The first-order valence-corrected chi connectivity index (χ1v) is 9.77. The van der Waals surface area contributed by atoms with Gasteiger partial charge in [0.25, 0.3) is 0 Å². The van der Waals surface area contributed by atoms with E-state index in [1.807, 2.05) is 0 Å². The van der Waals surface area contributed by atoms with Gasteiger partial charge in [-0.2, -0.15) is 4.31 Å². The van der Waals surface area contributed by atoms with Gasteiger partial charge in [0.1, 0.15) is 9.79 Å². The molecule has 1 aliphatic rings. The summed E-state index contributed by atoms with van der Waals surface area (Å²) in [6.45, 7) is 1.32. The van der Waals surface area contributed by atoms with Gasteiger partial charge in [-0.15, -0.1) is 12.4 Å². The lowest BCUT2D eigenvalue weighted by molar-refractivity contribution is 0.386. The molecule has 1 saturated heterocycles. The van der Waals surface area contributed by atoms with Gasteiger partial charge in [-0.3, -0.25) is 0 Å². The second kappa shape index (κ2) is 7.45. The van der Waals surface area contributed by atoms with Crippen LogP contribution in [0, 0.1) is 0 Å². The number of hydrogen-bond acceptors (Lipinski definition) is 5. The third-order valence-electron chi connectivity index (χ3n) is 3.81. The van der Waals surface area contributed by atoms with E-state index in [2.05, 4.69) is 5.32 Å². The minimum Gasteiger partial charge on any atom is -0.315 e. The zero-order valence-corrected chi connectivity index (χ0v) is 15.7. The molecule has 1 fully saturated rings. The van der Waals surface area contributed by atoms with Gasteiger partial charge in [0.15, 0.2) is 0 Å². The molecule has 1 atom stereocenters. The normalized spacial score (nSPS) is 19.1. The van der Waals surface area contributed by atoms with Crippen LogP contribution in [0.3, 0.4) is 0 Å². The Hall–Kier alpha value is -0.710. The lowest BCUT2D eigenvalue weighted by Crippen LogP contribution is -2.39. The van der Waals surface area contributed by atoms with E-state index in [1.165, 1.54) is 49.7 Å². The third kappa shape index (κ3) is 3.86. The first-order valence-electron chi connectivity index (χ1n) is 6.89. The quantitative estimate of drug-likeness (QED) is 0.792. The number of nitrogens with zero attached hydrogens (tertiary/aromatic N) is 2. The van der Waals surface area contributed by atoms with Gasteiger partial charge in [0.05, 0.1) is 0 Å². The summed E-state index contributed by atoms with van der Waals surface area (Å²) in [6.07, 6.45) is 0.707. The number of likely N-dealkylation sites (N-methyl/N-ethyl adjacent to an activating group) is 1. The molecule has 0 spiro atoms. The molecule has 7 nitrogen and oxygen atoms in total. The van der Waals surface area contributed by atoms with Crippen molar-refractivity contribution in [2.75, 3.05) is 34.2 Å². The van der Waals surface area contributed by atoms with Crippen molar-refractivity contribution in [2.24, 2.45) is 0 Å². The van der Waals surface area contributed by atoms with Gasteiger partial charge in [-0.1, -0.05) is 12.1 Å².